The van der Waals surface area contributed by atoms with E-state index in [1.54, 1.807) is 0 Å². The minimum atomic E-state index is 0.871. The van der Waals surface area contributed by atoms with Crippen molar-refractivity contribution in [1.29, 1.82) is 0 Å². The highest BCUT2D eigenvalue weighted by molar-refractivity contribution is 9.10. The zero-order chi connectivity index (χ0) is 13.2. The first-order valence-electron chi connectivity index (χ1n) is 6.45. The minimum absolute atomic E-state index is 0.871. The maximum absolute atomic E-state index is 4.29. The van der Waals surface area contributed by atoms with Crippen molar-refractivity contribution in [2.75, 3.05) is 18.0 Å². The molecule has 100 valence electrons. The second-order valence-electron chi connectivity index (χ2n) is 4.79. The number of halogens is 1. The summed E-state index contributed by atoms with van der Waals surface area (Å²) in [5.41, 5.74) is 3.88. The molecule has 2 aromatic rings. The lowest BCUT2D eigenvalue weighted by molar-refractivity contribution is 0.656. The zero-order valence-corrected chi connectivity index (χ0v) is 12.5. The van der Waals surface area contributed by atoms with Gasteiger partial charge >= 0.3 is 0 Å². The van der Waals surface area contributed by atoms with Gasteiger partial charge in [0.25, 0.3) is 0 Å². The van der Waals surface area contributed by atoms with Crippen molar-refractivity contribution in [3.05, 3.63) is 46.2 Å². The fourth-order valence-corrected chi connectivity index (χ4v) is 2.96. The van der Waals surface area contributed by atoms with Gasteiger partial charge < -0.3 is 10.2 Å². The standard InChI is InChI=1S/C14H17BrN4/c1-18-14(12(15)9-17-18)10-19-7-6-16-8-11-4-2-3-5-13(11)19/h2-5,9,16H,6-8,10H2,1H3. The van der Waals surface area contributed by atoms with Gasteiger partial charge in [0.15, 0.2) is 0 Å². The number of fused-ring (bicyclic) bond motifs is 1. The van der Waals surface area contributed by atoms with Gasteiger partial charge in [-0.3, -0.25) is 4.68 Å². The molecule has 0 amide bonds. The number of nitrogens with one attached hydrogen (secondary N) is 1. The highest BCUT2D eigenvalue weighted by Crippen LogP contribution is 2.25. The Bertz CT molecular complexity index is 559. The Balaban J connectivity index is 1.93. The zero-order valence-electron chi connectivity index (χ0n) is 10.9. The second kappa shape index (κ2) is 5.35. The molecule has 2 heterocycles. The third-order valence-electron chi connectivity index (χ3n) is 3.56. The van der Waals surface area contributed by atoms with Crippen LogP contribution in [-0.4, -0.2) is 22.9 Å². The van der Waals surface area contributed by atoms with Gasteiger partial charge in [0, 0.05) is 32.4 Å². The van der Waals surface area contributed by atoms with Gasteiger partial charge in [-0.25, -0.2) is 0 Å². The summed E-state index contributed by atoms with van der Waals surface area (Å²) in [4.78, 5) is 2.41. The number of hydrogen-bond acceptors (Lipinski definition) is 3. The monoisotopic (exact) mass is 320 g/mol. The fraction of sp³-hybridized carbons (Fsp3) is 0.357. The lowest BCUT2D eigenvalue weighted by Gasteiger charge is -2.24. The summed E-state index contributed by atoms with van der Waals surface area (Å²) >= 11 is 3.58. The second-order valence-corrected chi connectivity index (χ2v) is 5.64. The summed E-state index contributed by atoms with van der Waals surface area (Å²) in [6.07, 6.45) is 1.86. The summed E-state index contributed by atoms with van der Waals surface area (Å²) in [5.74, 6) is 0. The molecule has 1 aromatic heterocycles. The molecule has 1 aliphatic rings. The molecule has 1 N–H and O–H groups in total. The van der Waals surface area contributed by atoms with E-state index in [0.29, 0.717) is 0 Å². The van der Waals surface area contributed by atoms with E-state index in [1.807, 2.05) is 17.9 Å². The van der Waals surface area contributed by atoms with Gasteiger partial charge in [0.05, 0.1) is 22.9 Å². The van der Waals surface area contributed by atoms with Crippen LogP contribution >= 0.6 is 15.9 Å². The Morgan fingerprint density at radius 3 is 3.00 bits per heavy atom. The van der Waals surface area contributed by atoms with Crippen molar-refractivity contribution in [2.24, 2.45) is 7.05 Å². The largest absolute Gasteiger partial charge is 0.364 e. The Hall–Kier alpha value is -1.33. The summed E-state index contributed by atoms with van der Waals surface area (Å²) in [6.45, 7) is 3.83. The molecule has 19 heavy (non-hydrogen) atoms. The third kappa shape index (κ3) is 2.53. The van der Waals surface area contributed by atoms with Crippen LogP contribution in [-0.2, 0) is 20.1 Å². The van der Waals surface area contributed by atoms with Gasteiger partial charge in [-0.15, -0.1) is 0 Å². The molecule has 0 spiro atoms. The predicted molar refractivity (Wildman–Crippen MR) is 80.1 cm³/mol. The Morgan fingerprint density at radius 1 is 1.37 bits per heavy atom. The highest BCUT2D eigenvalue weighted by atomic mass is 79.9. The number of aromatic nitrogens is 2. The van der Waals surface area contributed by atoms with Crippen LogP contribution in [0.25, 0.3) is 0 Å². The normalized spacial score (nSPS) is 15.2. The summed E-state index contributed by atoms with van der Waals surface area (Å²) in [7, 11) is 1.99. The van der Waals surface area contributed by atoms with E-state index >= 15 is 0 Å². The predicted octanol–water partition coefficient (Wildman–Crippen LogP) is 2.29. The van der Waals surface area contributed by atoms with Crippen molar-refractivity contribution in [1.82, 2.24) is 15.1 Å². The molecule has 0 radical (unpaired) electrons. The van der Waals surface area contributed by atoms with Crippen molar-refractivity contribution in [3.63, 3.8) is 0 Å². The van der Waals surface area contributed by atoms with Gasteiger partial charge in [-0.2, -0.15) is 5.10 Å². The average Bonchev–Trinajstić information content (AvgIpc) is 2.65. The number of nitrogens with zero attached hydrogens (tertiary/aromatic N) is 3. The summed E-state index contributed by atoms with van der Waals surface area (Å²) < 4.78 is 3.01. The van der Waals surface area contributed by atoms with Gasteiger partial charge in [0.2, 0.25) is 0 Å². The van der Waals surface area contributed by atoms with Crippen LogP contribution in [0.3, 0.4) is 0 Å². The molecular formula is C14H17BrN4. The highest BCUT2D eigenvalue weighted by Gasteiger charge is 2.17. The van der Waals surface area contributed by atoms with Crippen LogP contribution in [0.15, 0.2) is 34.9 Å². The van der Waals surface area contributed by atoms with Crippen molar-refractivity contribution in [3.8, 4) is 0 Å². The third-order valence-corrected chi connectivity index (χ3v) is 4.22. The maximum atomic E-state index is 4.29. The number of para-hydroxylation sites is 1. The molecule has 5 heteroatoms. The van der Waals surface area contributed by atoms with Crippen LogP contribution < -0.4 is 10.2 Å². The molecule has 0 unspecified atom stereocenters. The van der Waals surface area contributed by atoms with Gasteiger partial charge in [0.1, 0.15) is 0 Å². The van der Waals surface area contributed by atoms with Crippen molar-refractivity contribution >= 4 is 21.6 Å². The molecule has 1 aliphatic heterocycles. The Kier molecular flexibility index (Phi) is 3.57. The van der Waals surface area contributed by atoms with Crippen LogP contribution in [0.2, 0.25) is 0 Å². The van der Waals surface area contributed by atoms with Gasteiger partial charge in [-0.05, 0) is 27.6 Å². The maximum Gasteiger partial charge on any atom is 0.0716 e. The van der Waals surface area contributed by atoms with Crippen molar-refractivity contribution < 1.29 is 0 Å². The average molecular weight is 321 g/mol. The van der Waals surface area contributed by atoms with E-state index in [4.69, 9.17) is 0 Å². The number of aryl methyl sites for hydroxylation is 1. The molecule has 0 atom stereocenters. The molecule has 0 saturated heterocycles. The van der Waals surface area contributed by atoms with Crippen LogP contribution in [0.1, 0.15) is 11.3 Å². The quantitative estimate of drug-likeness (QED) is 0.921. The summed E-state index contributed by atoms with van der Waals surface area (Å²) in [5, 5.41) is 7.76. The SMILES string of the molecule is Cn1ncc(Br)c1CN1CCNCc2ccccc21. The minimum Gasteiger partial charge on any atom is -0.364 e. The first kappa shape index (κ1) is 12.7. The van der Waals surface area contributed by atoms with E-state index < -0.39 is 0 Å². The van der Waals surface area contributed by atoms with Crippen molar-refractivity contribution in [2.45, 2.75) is 13.1 Å². The fourth-order valence-electron chi connectivity index (χ4n) is 2.49. The molecule has 0 saturated carbocycles. The van der Waals surface area contributed by atoms with E-state index in [0.717, 1.165) is 30.7 Å². The van der Waals surface area contributed by atoms with E-state index in [-0.39, 0.29) is 0 Å². The first-order chi connectivity index (χ1) is 9.25. The number of hydrogen-bond donors (Lipinski definition) is 1. The van der Waals surface area contributed by atoms with E-state index in [1.165, 1.54) is 16.9 Å². The Labute approximate surface area is 121 Å². The molecule has 3 rings (SSSR count). The van der Waals surface area contributed by atoms with Gasteiger partial charge in [-0.1, -0.05) is 18.2 Å². The van der Waals surface area contributed by atoms with E-state index in [9.17, 15) is 0 Å². The van der Waals surface area contributed by atoms with E-state index in [2.05, 4.69) is 55.5 Å². The number of rotatable bonds is 2. The number of anilines is 1. The van der Waals surface area contributed by atoms with Crippen LogP contribution in [0.5, 0.6) is 0 Å². The number of benzene rings is 1. The summed E-state index contributed by atoms with van der Waals surface area (Å²) in [6, 6.07) is 8.60. The Morgan fingerprint density at radius 2 is 2.21 bits per heavy atom. The molecule has 0 aliphatic carbocycles. The molecule has 4 nitrogen and oxygen atoms in total. The smallest absolute Gasteiger partial charge is 0.0716 e. The van der Waals surface area contributed by atoms with Crippen LogP contribution in [0, 0.1) is 0 Å². The lowest BCUT2D eigenvalue weighted by Crippen LogP contribution is -2.29. The first-order valence-corrected chi connectivity index (χ1v) is 7.25. The molecule has 0 bridgehead atoms. The molecular weight excluding hydrogens is 304 g/mol. The topological polar surface area (TPSA) is 33.1 Å². The lowest BCUT2D eigenvalue weighted by atomic mass is 10.1. The molecule has 1 aromatic carbocycles. The molecule has 0 fully saturated rings. The van der Waals surface area contributed by atoms with Crippen LogP contribution in [0.4, 0.5) is 5.69 Å².